The number of hydrogen-bond acceptors (Lipinski definition) is 1. The zero-order valence-electron chi connectivity index (χ0n) is 11.8. The van der Waals surface area contributed by atoms with Crippen molar-refractivity contribution in [3.8, 4) is 0 Å². The average Bonchev–Trinajstić information content (AvgIpc) is 2.50. The number of carbonyl (C=O) groups is 1. The Labute approximate surface area is 131 Å². The van der Waals surface area contributed by atoms with Crippen LogP contribution in [0.1, 0.15) is 36.8 Å². The van der Waals surface area contributed by atoms with Crippen LogP contribution in [0.25, 0.3) is 0 Å². The van der Waals surface area contributed by atoms with E-state index in [9.17, 15) is 4.79 Å². The Morgan fingerprint density at radius 1 is 0.950 bits per heavy atom. The van der Waals surface area contributed by atoms with E-state index in [1.54, 1.807) is 0 Å². The third-order valence-electron chi connectivity index (χ3n) is 3.24. The molecule has 2 rings (SSSR count). The Bertz CT molecular complexity index is 482. The van der Waals surface area contributed by atoms with Gasteiger partial charge in [0, 0.05) is 0 Å². The normalized spacial score (nSPS) is 10.7. The predicted molar refractivity (Wildman–Crippen MR) is 85.2 cm³/mol. The molecule has 20 heavy (non-hydrogen) atoms. The summed E-state index contributed by atoms with van der Waals surface area (Å²) < 4.78 is 1.58. The molecular weight excluding hydrogens is 360 g/mol. The topological polar surface area (TPSA) is 17.1 Å². The summed E-state index contributed by atoms with van der Waals surface area (Å²) >= 11 is -0.565. The second-order valence-electron chi connectivity index (χ2n) is 4.78. The fourth-order valence-electron chi connectivity index (χ4n) is 2.16. The Morgan fingerprint density at radius 3 is 1.90 bits per heavy atom. The summed E-state index contributed by atoms with van der Waals surface area (Å²) in [6.07, 6.45) is 2.36. The summed E-state index contributed by atoms with van der Waals surface area (Å²) in [5.74, 6) is -0.0587. The van der Waals surface area contributed by atoms with Crippen LogP contribution in [0.3, 0.4) is 0 Å². The fourth-order valence-corrected chi connectivity index (χ4v) is 5.22. The predicted octanol–water partition coefficient (Wildman–Crippen LogP) is 4.27. The fraction of sp³-hybridized carbons (Fsp3) is 0.278. The van der Waals surface area contributed by atoms with Gasteiger partial charge >= 0.3 is 131 Å². The summed E-state index contributed by atoms with van der Waals surface area (Å²) in [6, 6.07) is 20.4. The van der Waals surface area contributed by atoms with Gasteiger partial charge in [0.1, 0.15) is 0 Å². The number of unbranched alkanes of at least 4 members (excludes halogenated alkanes) is 1. The maximum atomic E-state index is 12.7. The van der Waals surface area contributed by atoms with Crippen LogP contribution in [0, 0.1) is 0 Å². The molecule has 1 nitrogen and oxygen atoms in total. The molecule has 0 heterocycles. The first kappa shape index (κ1) is 15.3. The summed E-state index contributed by atoms with van der Waals surface area (Å²) in [4.78, 5) is 12.7. The van der Waals surface area contributed by atoms with Gasteiger partial charge in [-0.05, 0) is 0 Å². The first-order valence-corrected chi connectivity index (χ1v) is 9.90. The van der Waals surface area contributed by atoms with Gasteiger partial charge in [-0.3, -0.25) is 0 Å². The van der Waals surface area contributed by atoms with Gasteiger partial charge in [-0.2, -0.15) is 0 Å². The molecule has 2 aromatic carbocycles. The molecular formula is C18H20OTe. The molecule has 0 aliphatic rings. The molecule has 0 bridgehead atoms. The van der Waals surface area contributed by atoms with Crippen LogP contribution in [-0.2, 0) is 4.79 Å². The summed E-state index contributed by atoms with van der Waals surface area (Å²) in [6.45, 7) is 2.18. The van der Waals surface area contributed by atoms with E-state index in [1.165, 1.54) is 12.8 Å². The van der Waals surface area contributed by atoms with Crippen molar-refractivity contribution in [2.75, 3.05) is 0 Å². The molecule has 0 spiro atoms. The van der Waals surface area contributed by atoms with Crippen LogP contribution in [0.15, 0.2) is 60.7 Å². The Balaban J connectivity index is 2.23. The molecule has 2 aromatic rings. The molecule has 0 amide bonds. The van der Waals surface area contributed by atoms with Crippen LogP contribution in [0.5, 0.6) is 0 Å². The van der Waals surface area contributed by atoms with Crippen molar-refractivity contribution < 1.29 is 4.79 Å². The van der Waals surface area contributed by atoms with Gasteiger partial charge in [-0.15, -0.1) is 0 Å². The van der Waals surface area contributed by atoms with Crippen molar-refractivity contribution in [2.24, 2.45) is 0 Å². The molecule has 0 aliphatic carbocycles. The van der Waals surface area contributed by atoms with E-state index in [2.05, 4.69) is 31.2 Å². The third-order valence-corrected chi connectivity index (χ3v) is 6.13. The van der Waals surface area contributed by atoms with Gasteiger partial charge in [0.25, 0.3) is 0 Å². The Morgan fingerprint density at radius 2 is 1.45 bits per heavy atom. The third kappa shape index (κ3) is 4.20. The molecule has 0 saturated carbocycles. The van der Waals surface area contributed by atoms with E-state index >= 15 is 0 Å². The van der Waals surface area contributed by atoms with E-state index in [0.717, 1.165) is 15.6 Å². The van der Waals surface area contributed by atoms with Gasteiger partial charge in [-0.25, -0.2) is 0 Å². The summed E-state index contributed by atoms with van der Waals surface area (Å²) in [7, 11) is 0. The van der Waals surface area contributed by atoms with Crippen molar-refractivity contribution in [3.05, 3.63) is 71.8 Å². The van der Waals surface area contributed by atoms with Crippen LogP contribution >= 0.6 is 0 Å². The molecule has 104 valence electrons. The number of benzene rings is 2. The van der Waals surface area contributed by atoms with Gasteiger partial charge < -0.3 is 0 Å². The standard InChI is InChI=1S/C18H20OTe/c1-2-3-14-20-18(19)17(15-10-6-4-7-11-15)16-12-8-5-9-13-16/h4-13,17H,2-3,14H2,1H3. The second kappa shape index (κ2) is 8.25. The molecule has 0 atom stereocenters. The molecule has 0 fully saturated rings. The summed E-state index contributed by atoms with van der Waals surface area (Å²) in [5, 5.41) is 0. The van der Waals surface area contributed by atoms with Crippen molar-refractivity contribution in [2.45, 2.75) is 30.2 Å². The first-order valence-electron chi connectivity index (χ1n) is 7.09. The zero-order chi connectivity index (χ0) is 14.2. The first-order chi connectivity index (χ1) is 9.83. The molecule has 0 saturated heterocycles. The monoisotopic (exact) mass is 382 g/mol. The van der Waals surface area contributed by atoms with Crippen molar-refractivity contribution in [3.63, 3.8) is 0 Å². The second-order valence-corrected chi connectivity index (χ2v) is 7.91. The van der Waals surface area contributed by atoms with Crippen LogP contribution in [0.2, 0.25) is 4.47 Å². The Kier molecular flexibility index (Phi) is 6.30. The zero-order valence-corrected chi connectivity index (χ0v) is 14.1. The van der Waals surface area contributed by atoms with Crippen LogP contribution in [0.4, 0.5) is 0 Å². The van der Waals surface area contributed by atoms with E-state index in [1.807, 2.05) is 36.4 Å². The van der Waals surface area contributed by atoms with Crippen molar-refractivity contribution >= 4 is 24.8 Å². The van der Waals surface area contributed by atoms with E-state index in [0.29, 0.717) is 3.83 Å². The number of hydrogen-bond donors (Lipinski definition) is 0. The van der Waals surface area contributed by atoms with E-state index in [4.69, 9.17) is 0 Å². The quantitative estimate of drug-likeness (QED) is 0.518. The number of rotatable bonds is 7. The SMILES string of the molecule is CCCC[Te]C(=O)C(c1ccccc1)c1ccccc1. The van der Waals surface area contributed by atoms with Gasteiger partial charge in [0.05, 0.1) is 0 Å². The van der Waals surface area contributed by atoms with Gasteiger partial charge in [-0.1, -0.05) is 0 Å². The molecule has 0 aliphatic heterocycles. The maximum absolute atomic E-state index is 12.7. The average molecular weight is 380 g/mol. The minimum atomic E-state index is -0.565. The van der Waals surface area contributed by atoms with Gasteiger partial charge in [0.15, 0.2) is 0 Å². The minimum absolute atomic E-state index is 0.0587. The molecule has 0 N–H and O–H groups in total. The molecule has 2 heteroatoms. The Hall–Kier alpha value is -1.10. The number of carbonyl (C=O) groups excluding carboxylic acids is 1. The van der Waals surface area contributed by atoms with Crippen LogP contribution in [-0.4, -0.2) is 24.8 Å². The van der Waals surface area contributed by atoms with Crippen molar-refractivity contribution in [1.29, 1.82) is 0 Å². The van der Waals surface area contributed by atoms with Crippen molar-refractivity contribution in [1.82, 2.24) is 0 Å². The van der Waals surface area contributed by atoms with Gasteiger partial charge in [0.2, 0.25) is 0 Å². The molecule has 0 unspecified atom stereocenters. The van der Waals surface area contributed by atoms with E-state index in [-0.39, 0.29) is 5.92 Å². The molecule has 0 radical (unpaired) electrons. The van der Waals surface area contributed by atoms with E-state index < -0.39 is 20.9 Å². The van der Waals surface area contributed by atoms with Crippen LogP contribution < -0.4 is 0 Å². The summed E-state index contributed by atoms with van der Waals surface area (Å²) in [5.41, 5.74) is 2.26. The molecule has 0 aromatic heterocycles.